The number of halogens is 6. The van der Waals surface area contributed by atoms with Crippen LogP contribution in [-0.4, -0.2) is 24.9 Å². The van der Waals surface area contributed by atoms with Crippen molar-refractivity contribution in [3.05, 3.63) is 35.4 Å². The second-order valence-electron chi connectivity index (χ2n) is 6.30. The molecule has 0 saturated carbocycles. The van der Waals surface area contributed by atoms with Crippen LogP contribution in [0, 0.1) is 5.92 Å². The summed E-state index contributed by atoms with van der Waals surface area (Å²) in [5, 5.41) is 0. The molecule has 142 valence electrons. The zero-order valence-electron chi connectivity index (χ0n) is 14.3. The number of hydrogen-bond donors (Lipinski definition) is 0. The largest absolute Gasteiger partial charge is 0.466 e. The standard InChI is InChI=1S/C17H20F6O2/c1-5-25-14(24)13(10(2)16(18,19)20)11-6-8-12(9-7-11)15(3,4)17(21,22)23/h6-10,13H,5H2,1-4H3/t10-,13+/m1/s1. The molecule has 0 aliphatic carbocycles. The van der Waals surface area contributed by atoms with Gasteiger partial charge in [-0.25, -0.2) is 0 Å². The fourth-order valence-corrected chi connectivity index (χ4v) is 2.32. The van der Waals surface area contributed by atoms with Crippen LogP contribution in [0.1, 0.15) is 44.7 Å². The third-order valence-corrected chi connectivity index (χ3v) is 4.26. The van der Waals surface area contributed by atoms with Gasteiger partial charge in [-0.2, -0.15) is 26.3 Å². The summed E-state index contributed by atoms with van der Waals surface area (Å²) in [6.45, 7) is 4.16. The van der Waals surface area contributed by atoms with Gasteiger partial charge in [-0.15, -0.1) is 0 Å². The van der Waals surface area contributed by atoms with Crippen molar-refractivity contribution in [3.63, 3.8) is 0 Å². The second kappa shape index (κ2) is 7.25. The minimum absolute atomic E-state index is 0.0370. The summed E-state index contributed by atoms with van der Waals surface area (Å²) >= 11 is 0. The molecule has 0 spiro atoms. The monoisotopic (exact) mass is 370 g/mol. The van der Waals surface area contributed by atoms with Crippen molar-refractivity contribution in [1.29, 1.82) is 0 Å². The highest BCUT2D eigenvalue weighted by molar-refractivity contribution is 5.78. The number of esters is 1. The molecule has 0 saturated heterocycles. The molecule has 2 atom stereocenters. The lowest BCUT2D eigenvalue weighted by molar-refractivity contribution is -0.185. The van der Waals surface area contributed by atoms with E-state index in [1.54, 1.807) is 0 Å². The van der Waals surface area contributed by atoms with Gasteiger partial charge in [0, 0.05) is 0 Å². The van der Waals surface area contributed by atoms with Gasteiger partial charge in [0.15, 0.2) is 0 Å². The molecule has 8 heteroatoms. The first-order valence-electron chi connectivity index (χ1n) is 7.64. The van der Waals surface area contributed by atoms with Crippen LogP contribution in [0.3, 0.4) is 0 Å². The quantitative estimate of drug-likeness (QED) is 0.514. The summed E-state index contributed by atoms with van der Waals surface area (Å²) < 4.78 is 83.1. The van der Waals surface area contributed by atoms with Crippen molar-refractivity contribution in [2.24, 2.45) is 5.92 Å². The summed E-state index contributed by atoms with van der Waals surface area (Å²) in [6, 6.07) is 4.43. The molecular weight excluding hydrogens is 350 g/mol. The molecule has 0 unspecified atom stereocenters. The molecule has 0 bridgehead atoms. The van der Waals surface area contributed by atoms with Crippen LogP contribution >= 0.6 is 0 Å². The Bertz CT molecular complexity index is 587. The third-order valence-electron chi connectivity index (χ3n) is 4.26. The van der Waals surface area contributed by atoms with Crippen molar-refractivity contribution < 1.29 is 35.9 Å². The summed E-state index contributed by atoms with van der Waals surface area (Å²) in [7, 11) is 0. The van der Waals surface area contributed by atoms with Gasteiger partial charge in [0.25, 0.3) is 0 Å². The minimum Gasteiger partial charge on any atom is -0.466 e. The van der Waals surface area contributed by atoms with E-state index in [0.29, 0.717) is 0 Å². The van der Waals surface area contributed by atoms with Gasteiger partial charge in [-0.3, -0.25) is 4.79 Å². The third kappa shape index (κ3) is 4.67. The number of rotatable bonds is 5. The van der Waals surface area contributed by atoms with Crippen LogP contribution in [0.2, 0.25) is 0 Å². The summed E-state index contributed by atoms with van der Waals surface area (Å²) in [5.41, 5.74) is -2.31. The fourth-order valence-electron chi connectivity index (χ4n) is 2.32. The lowest BCUT2D eigenvalue weighted by Gasteiger charge is -2.29. The first kappa shape index (κ1) is 21.3. The van der Waals surface area contributed by atoms with E-state index >= 15 is 0 Å². The number of benzene rings is 1. The highest BCUT2D eigenvalue weighted by atomic mass is 19.4. The Morgan fingerprint density at radius 3 is 1.88 bits per heavy atom. The van der Waals surface area contributed by atoms with Gasteiger partial charge in [0.1, 0.15) is 0 Å². The van der Waals surface area contributed by atoms with Gasteiger partial charge < -0.3 is 4.74 Å². The van der Waals surface area contributed by atoms with E-state index in [9.17, 15) is 31.1 Å². The van der Waals surface area contributed by atoms with Gasteiger partial charge in [-0.1, -0.05) is 31.2 Å². The minimum atomic E-state index is -4.65. The number of carbonyl (C=O) groups is 1. The maximum absolute atomic E-state index is 13.1. The summed E-state index contributed by atoms with van der Waals surface area (Å²) in [4.78, 5) is 12.0. The molecule has 0 amide bonds. The predicted molar refractivity (Wildman–Crippen MR) is 80.1 cm³/mol. The highest BCUT2D eigenvalue weighted by Crippen LogP contribution is 2.42. The van der Waals surface area contributed by atoms with Gasteiger partial charge in [-0.05, 0) is 31.9 Å². The van der Waals surface area contributed by atoms with Crippen molar-refractivity contribution in [3.8, 4) is 0 Å². The van der Waals surface area contributed by atoms with Crippen LogP contribution in [0.15, 0.2) is 24.3 Å². The Morgan fingerprint density at radius 2 is 1.52 bits per heavy atom. The molecule has 0 fully saturated rings. The number of carbonyl (C=O) groups excluding carboxylic acids is 1. The topological polar surface area (TPSA) is 26.3 Å². The lowest BCUT2D eigenvalue weighted by Crippen LogP contribution is -2.36. The van der Waals surface area contributed by atoms with Gasteiger partial charge in [0.2, 0.25) is 0 Å². The van der Waals surface area contributed by atoms with Gasteiger partial charge in [0.05, 0.1) is 23.9 Å². The summed E-state index contributed by atoms with van der Waals surface area (Å²) in [5.74, 6) is -4.73. The number of hydrogen-bond acceptors (Lipinski definition) is 2. The van der Waals surface area contributed by atoms with Crippen molar-refractivity contribution in [1.82, 2.24) is 0 Å². The maximum Gasteiger partial charge on any atom is 0.397 e. The predicted octanol–water partition coefficient (Wildman–Crippen LogP) is 5.37. The molecule has 0 radical (unpaired) electrons. The molecule has 1 aromatic rings. The van der Waals surface area contributed by atoms with Crippen LogP contribution < -0.4 is 0 Å². The molecule has 1 aromatic carbocycles. The first-order chi connectivity index (χ1) is 11.2. The number of ether oxygens (including phenoxy) is 1. The zero-order chi connectivity index (χ0) is 19.6. The van der Waals surface area contributed by atoms with E-state index in [0.717, 1.165) is 45.0 Å². The average Bonchev–Trinajstić information content (AvgIpc) is 2.46. The Balaban J connectivity index is 3.28. The maximum atomic E-state index is 13.1. The van der Waals surface area contributed by atoms with E-state index < -0.39 is 35.6 Å². The van der Waals surface area contributed by atoms with E-state index in [1.165, 1.54) is 6.92 Å². The smallest absolute Gasteiger partial charge is 0.397 e. The van der Waals surface area contributed by atoms with Gasteiger partial charge >= 0.3 is 18.3 Å². The molecule has 0 aliphatic rings. The van der Waals surface area contributed by atoms with Crippen LogP contribution in [-0.2, 0) is 14.9 Å². The van der Waals surface area contributed by atoms with Crippen LogP contribution in [0.5, 0.6) is 0 Å². The SMILES string of the molecule is CCOC(=O)[C@H](c1ccc(C(C)(C)C(F)(F)F)cc1)[C@@H](C)C(F)(F)F. The average molecular weight is 370 g/mol. The Morgan fingerprint density at radius 1 is 1.04 bits per heavy atom. The van der Waals surface area contributed by atoms with E-state index in [1.807, 2.05) is 0 Å². The normalized spacial score (nSPS) is 15.6. The molecule has 25 heavy (non-hydrogen) atoms. The Kier molecular flexibility index (Phi) is 6.18. The molecule has 0 aliphatic heterocycles. The molecular formula is C17H20F6O2. The molecule has 2 nitrogen and oxygen atoms in total. The summed E-state index contributed by atoms with van der Waals surface area (Å²) in [6.07, 6.45) is -9.17. The van der Waals surface area contributed by atoms with Crippen molar-refractivity contribution in [2.45, 2.75) is 51.4 Å². The van der Waals surface area contributed by atoms with Crippen molar-refractivity contribution in [2.75, 3.05) is 6.61 Å². The highest BCUT2D eigenvalue weighted by Gasteiger charge is 2.49. The zero-order valence-corrected chi connectivity index (χ0v) is 14.3. The second-order valence-corrected chi connectivity index (χ2v) is 6.30. The fraction of sp³-hybridized carbons (Fsp3) is 0.588. The van der Waals surface area contributed by atoms with Crippen molar-refractivity contribution >= 4 is 5.97 Å². The van der Waals surface area contributed by atoms with E-state index in [4.69, 9.17) is 4.74 Å². The first-order valence-corrected chi connectivity index (χ1v) is 7.64. The van der Waals surface area contributed by atoms with Crippen LogP contribution in [0.4, 0.5) is 26.3 Å². The molecule has 0 aromatic heterocycles. The molecule has 0 N–H and O–H groups in total. The molecule has 1 rings (SSSR count). The Hall–Kier alpha value is -1.73. The van der Waals surface area contributed by atoms with Crippen LogP contribution in [0.25, 0.3) is 0 Å². The number of alkyl halides is 6. The lowest BCUT2D eigenvalue weighted by atomic mass is 9.81. The Labute approximate surface area is 142 Å². The molecule has 0 heterocycles. The van der Waals surface area contributed by atoms with E-state index in [2.05, 4.69) is 0 Å². The van der Waals surface area contributed by atoms with E-state index in [-0.39, 0.29) is 17.7 Å².